The summed E-state index contributed by atoms with van der Waals surface area (Å²) in [4.78, 5) is 58.1. The number of hydrazone groups is 4. The lowest BCUT2D eigenvalue weighted by atomic mass is 10.1. The highest BCUT2D eigenvalue weighted by atomic mass is 35.5. The van der Waals surface area contributed by atoms with Gasteiger partial charge in [-0.25, -0.2) is 0 Å². The first-order valence-electron chi connectivity index (χ1n) is 37.6. The zero-order chi connectivity index (χ0) is 80.7. The molecule has 0 radical (unpaired) electrons. The van der Waals surface area contributed by atoms with E-state index in [0.717, 1.165) is 115 Å². The first-order valence-corrected chi connectivity index (χ1v) is 42.4. The highest BCUT2D eigenvalue weighted by molar-refractivity contribution is 8.17. The van der Waals surface area contributed by atoms with Gasteiger partial charge < -0.3 is 24.3 Å². The van der Waals surface area contributed by atoms with Crippen molar-refractivity contribution in [2.45, 2.75) is 75.4 Å². The van der Waals surface area contributed by atoms with Gasteiger partial charge in [-0.2, -0.15) is 20.4 Å². The Balaban J connectivity index is 0.000000131. The number of thioether (sulfide) groups is 4. The number of para-hydroxylation sites is 4. The van der Waals surface area contributed by atoms with Crippen LogP contribution in [0, 0.1) is 0 Å². The van der Waals surface area contributed by atoms with E-state index in [9.17, 15) is 19.2 Å². The van der Waals surface area contributed by atoms with Crippen molar-refractivity contribution in [3.05, 3.63) is 408 Å². The standard InChI is InChI=1S/C26H19N3OS.C23H18ClN3O2S.C22H15Cl2N3OS.C22H16ClN3OS.4CH4/c30-25-26(28-27-24(31-26)20-9-2-1-3-10-20)22-12-6-7-13-23(22)29(25)17-18-14-15-19-8-4-5-11-21(19)16-18;1-29-17-9-6-8-15(13-17)21-25-26-23(30-21)18-10-3-5-12-20(18)27(22(23)28)14-16-7-2-4-11-19(16)24;23-16-8-5-7-14(12-16)20-25-26-22(29-20)17-9-2-4-11-19(17)27(21(22)28)13-15-6-1-3-10-18(15)24;23-17-10-6-7-15(13-17)14-26-19-12-5-4-11-18(19)22(21(26)27)25-24-20(28-22)16-8-2-1-3-9-16;;;;/h1-16,28H,17H2;2-13,26H,14H2,1H3;1-12,26H,13H2;1-13,25H,14H2;4*1H4. The van der Waals surface area contributed by atoms with Gasteiger partial charge in [-0.3, -0.25) is 40.9 Å². The number of halogens is 4. The second kappa shape index (κ2) is 36.5. The monoisotopic (exact) mass is 1760 g/mol. The van der Waals surface area contributed by atoms with Crippen molar-refractivity contribution in [3.63, 3.8) is 0 Å². The van der Waals surface area contributed by atoms with Crippen LogP contribution in [0.5, 0.6) is 5.75 Å². The Morgan fingerprint density at radius 3 is 1.02 bits per heavy atom. The molecule has 0 fully saturated rings. The lowest BCUT2D eigenvalue weighted by molar-refractivity contribution is -0.121. The molecule has 0 aromatic heterocycles. The maximum atomic E-state index is 13.8. The van der Waals surface area contributed by atoms with Gasteiger partial charge in [-0.1, -0.05) is 366 Å². The molecule has 4 N–H and O–H groups in total. The van der Waals surface area contributed by atoms with Crippen LogP contribution in [0.2, 0.25) is 20.1 Å². The quantitative estimate of drug-likeness (QED) is 0.0855. The second-order valence-electron chi connectivity index (χ2n) is 28.4. The molecule has 4 atom stereocenters. The number of hydrogen-bond acceptors (Lipinski definition) is 17. The van der Waals surface area contributed by atoms with Crippen LogP contribution in [0.25, 0.3) is 10.8 Å². The van der Waals surface area contributed by atoms with Gasteiger partial charge in [0.1, 0.15) is 25.9 Å². The molecule has 21 rings (SSSR count). The van der Waals surface area contributed by atoms with E-state index in [0.29, 0.717) is 46.3 Å². The minimum atomic E-state index is -0.991. The van der Waals surface area contributed by atoms with Crippen molar-refractivity contribution < 1.29 is 23.9 Å². The fourth-order valence-electron chi connectivity index (χ4n) is 15.4. The fraction of sp³-hybridized carbons (Fsp3) is 0.134. The normalized spacial score (nSPS) is 19.2. The third-order valence-corrected chi connectivity index (χ3v) is 27.6. The van der Waals surface area contributed by atoms with E-state index in [-0.39, 0.29) is 53.3 Å². The average molecular weight is 1770 g/mol. The van der Waals surface area contributed by atoms with E-state index >= 15 is 0 Å². The molecule has 0 aliphatic carbocycles. The number of methoxy groups -OCH3 is 1. The van der Waals surface area contributed by atoms with Gasteiger partial charge in [-0.15, -0.1) is 0 Å². The lowest BCUT2D eigenvalue weighted by Crippen LogP contribution is -2.44. The first-order chi connectivity index (χ1) is 57.6. The maximum Gasteiger partial charge on any atom is 0.270 e. The van der Waals surface area contributed by atoms with Gasteiger partial charge in [-0.05, 0) is 112 Å². The summed E-state index contributed by atoms with van der Waals surface area (Å²) >= 11 is 30.8. The molecule has 4 spiro atoms. The number of amides is 4. The zero-order valence-electron chi connectivity index (χ0n) is 62.7. The fourth-order valence-corrected chi connectivity index (χ4v) is 21.0. The molecule has 0 saturated heterocycles. The minimum Gasteiger partial charge on any atom is -0.497 e. The summed E-state index contributed by atoms with van der Waals surface area (Å²) in [7, 11) is 1.63. The molecule has 25 heteroatoms. The number of rotatable bonds is 13. The van der Waals surface area contributed by atoms with E-state index in [2.05, 4.69) is 72.4 Å². The number of anilines is 4. The molecule has 13 aromatic rings. The molecular weight excluding hydrogens is 1680 g/mol. The van der Waals surface area contributed by atoms with Crippen LogP contribution in [0.1, 0.15) is 96.5 Å². The summed E-state index contributed by atoms with van der Waals surface area (Å²) in [6, 6.07) is 104. The maximum absolute atomic E-state index is 13.8. The van der Waals surface area contributed by atoms with Crippen molar-refractivity contribution in [3.8, 4) is 5.75 Å². The molecule has 17 nitrogen and oxygen atoms in total. The third-order valence-electron chi connectivity index (χ3n) is 21.1. The summed E-state index contributed by atoms with van der Waals surface area (Å²) < 4.78 is 5.33. The Morgan fingerprint density at radius 1 is 0.303 bits per heavy atom. The van der Waals surface area contributed by atoms with Gasteiger partial charge >= 0.3 is 0 Å². The molecule has 4 amide bonds. The molecule has 614 valence electrons. The van der Waals surface area contributed by atoms with Gasteiger partial charge in [0, 0.05) is 64.6 Å². The minimum absolute atomic E-state index is 0. The van der Waals surface area contributed by atoms with Gasteiger partial charge in [0.2, 0.25) is 19.5 Å². The Hall–Kier alpha value is -11.8. The van der Waals surface area contributed by atoms with Crippen LogP contribution in [-0.4, -0.2) is 50.9 Å². The Morgan fingerprint density at radius 2 is 0.623 bits per heavy atom. The molecule has 4 unspecified atom stereocenters. The zero-order valence-corrected chi connectivity index (χ0v) is 69.0. The van der Waals surface area contributed by atoms with Crippen molar-refractivity contribution in [2.75, 3.05) is 26.7 Å². The van der Waals surface area contributed by atoms with E-state index < -0.39 is 19.5 Å². The summed E-state index contributed by atoms with van der Waals surface area (Å²) in [6.45, 7) is 1.77. The number of carbonyl (C=O) groups excluding carboxylic acids is 4. The molecule has 8 aliphatic rings. The molecule has 0 saturated carbocycles. The number of hydrogen-bond donors (Lipinski definition) is 4. The lowest BCUT2D eigenvalue weighted by Gasteiger charge is -2.23. The van der Waals surface area contributed by atoms with Crippen molar-refractivity contribution in [2.24, 2.45) is 20.4 Å². The Bertz CT molecular complexity index is 6310. The van der Waals surface area contributed by atoms with Crippen LogP contribution in [0.4, 0.5) is 22.7 Å². The Kier molecular flexibility index (Phi) is 25.9. The van der Waals surface area contributed by atoms with E-state index in [1.807, 2.05) is 301 Å². The predicted molar refractivity (Wildman–Crippen MR) is 509 cm³/mol. The molecular formula is C97H84Cl4N12O5S4. The number of benzene rings is 13. The van der Waals surface area contributed by atoms with E-state index in [1.54, 1.807) is 16.9 Å². The highest BCUT2D eigenvalue weighted by Crippen LogP contribution is 2.56. The number of nitrogens with zero attached hydrogens (tertiary/aromatic N) is 8. The molecule has 8 heterocycles. The number of ether oxygens (including phenoxy) is 1. The molecule has 122 heavy (non-hydrogen) atoms. The number of carbonyl (C=O) groups is 4. The van der Waals surface area contributed by atoms with E-state index in [4.69, 9.17) is 51.1 Å². The summed E-state index contributed by atoms with van der Waals surface area (Å²) in [5.74, 6) is 0.616. The smallest absolute Gasteiger partial charge is 0.270 e. The number of fused-ring (bicyclic) bond motifs is 9. The molecule has 0 bridgehead atoms. The van der Waals surface area contributed by atoms with Crippen LogP contribution < -0.4 is 46.0 Å². The van der Waals surface area contributed by atoms with Gasteiger partial charge in [0.25, 0.3) is 23.6 Å². The molecule has 13 aromatic carbocycles. The highest BCUT2D eigenvalue weighted by Gasteiger charge is 2.59. The summed E-state index contributed by atoms with van der Waals surface area (Å²) in [5, 5.41) is 26.1. The van der Waals surface area contributed by atoms with Gasteiger partial charge in [0.05, 0.1) is 56.0 Å². The number of nitrogens with one attached hydrogen (secondary N) is 4. The van der Waals surface area contributed by atoms with Crippen molar-refractivity contribution in [1.82, 2.24) is 21.7 Å². The van der Waals surface area contributed by atoms with Crippen LogP contribution in [0.3, 0.4) is 0 Å². The first kappa shape index (κ1) is 86.6. The summed E-state index contributed by atoms with van der Waals surface area (Å²) in [6.07, 6.45) is 0. The molecule has 8 aliphatic heterocycles. The SMILES string of the molecule is C.C.C.C.COc1cccc(C2=NNC3(S2)C(=O)N(Cc2ccccc2Cl)c2ccccc23)c1.O=C1N(Cc2ccc3ccccc3c2)c2ccccc2C12NN=C(c1ccccc1)S2.O=C1N(Cc2cccc(Cl)c2)c2ccccc2C12NN=C(c1ccccc1)S2.O=C1N(Cc2ccccc2Cl)c2ccccc2C12NN=C(c1cccc(Cl)c1)S2. The van der Waals surface area contributed by atoms with Crippen LogP contribution in [0.15, 0.2) is 342 Å². The van der Waals surface area contributed by atoms with Crippen molar-refractivity contribution >= 4 is 171 Å². The average Bonchev–Trinajstić information content (AvgIpc) is 1.58. The van der Waals surface area contributed by atoms with Crippen LogP contribution in [-0.2, 0) is 64.8 Å². The topological polar surface area (TPSA) is 188 Å². The Labute approximate surface area is 747 Å². The second-order valence-corrected chi connectivity index (χ2v) is 34.9. The predicted octanol–water partition coefficient (Wildman–Crippen LogP) is 22.7. The van der Waals surface area contributed by atoms with Gasteiger partial charge in [0.15, 0.2) is 0 Å². The van der Waals surface area contributed by atoms with Crippen molar-refractivity contribution in [1.29, 1.82) is 0 Å². The van der Waals surface area contributed by atoms with Crippen LogP contribution >= 0.6 is 93.5 Å². The largest absolute Gasteiger partial charge is 0.497 e. The summed E-state index contributed by atoms with van der Waals surface area (Å²) in [5.41, 5.74) is 27.5. The van der Waals surface area contributed by atoms with E-state index in [1.165, 1.54) is 57.8 Å². The third kappa shape index (κ3) is 16.1.